The molecule has 0 N–H and O–H groups in total. The number of carbonyl (C=O) groups excluding carboxylic acids is 2. The van der Waals surface area contributed by atoms with Gasteiger partial charge in [-0.2, -0.15) is 0 Å². The fourth-order valence-corrected chi connectivity index (χ4v) is 3.07. The summed E-state index contributed by atoms with van der Waals surface area (Å²) in [6, 6.07) is 5.02. The second kappa shape index (κ2) is 14.0. The first-order valence-electron chi connectivity index (χ1n) is 11.6. The standard InChI is InChI=1S/C25H34O9/c1-6-10-14-31-24(26)33-20-18-13-12-17(28-5)16-19(18)21(34-25(27)32-15-11-7-2)23(30-9-4)22(20)29-8-3/h12-13,16H,6-11,14-15H2,1-5H3. The van der Waals surface area contributed by atoms with Crippen molar-refractivity contribution in [2.75, 3.05) is 33.5 Å². The van der Waals surface area contributed by atoms with Crippen LogP contribution in [0.5, 0.6) is 28.7 Å². The van der Waals surface area contributed by atoms with Crippen LogP contribution in [-0.2, 0) is 9.47 Å². The van der Waals surface area contributed by atoms with Crippen LogP contribution in [0.25, 0.3) is 10.8 Å². The van der Waals surface area contributed by atoms with Gasteiger partial charge in [-0.25, -0.2) is 9.59 Å². The van der Waals surface area contributed by atoms with Gasteiger partial charge in [-0.15, -0.1) is 0 Å². The number of methoxy groups -OCH3 is 1. The Kier molecular flexibility index (Phi) is 11.1. The van der Waals surface area contributed by atoms with E-state index < -0.39 is 12.3 Å². The SMILES string of the molecule is CCCCOC(=O)Oc1c(OCC)c(OCC)c(OC(=O)OCCCC)c2cc(OC)ccc12. The van der Waals surface area contributed by atoms with Crippen molar-refractivity contribution < 1.29 is 42.7 Å². The molecule has 0 heterocycles. The number of fused-ring (bicyclic) bond motifs is 1. The molecule has 0 aliphatic carbocycles. The molecule has 9 heteroatoms. The molecule has 0 saturated heterocycles. The zero-order valence-electron chi connectivity index (χ0n) is 20.6. The average molecular weight is 479 g/mol. The summed E-state index contributed by atoms with van der Waals surface area (Å²) in [4.78, 5) is 24.9. The van der Waals surface area contributed by atoms with Crippen LogP contribution in [0.2, 0.25) is 0 Å². The Bertz CT molecular complexity index is 955. The van der Waals surface area contributed by atoms with Crippen LogP contribution in [0.3, 0.4) is 0 Å². The molecule has 0 aliphatic heterocycles. The van der Waals surface area contributed by atoms with E-state index >= 15 is 0 Å². The van der Waals surface area contributed by atoms with E-state index in [1.807, 2.05) is 13.8 Å². The molecule has 0 saturated carbocycles. The Labute approximate surface area is 200 Å². The van der Waals surface area contributed by atoms with Crippen LogP contribution < -0.4 is 23.7 Å². The third kappa shape index (κ3) is 7.07. The largest absolute Gasteiger partial charge is 0.513 e. The van der Waals surface area contributed by atoms with Gasteiger partial charge >= 0.3 is 12.3 Å². The van der Waals surface area contributed by atoms with Crippen molar-refractivity contribution in [3.05, 3.63) is 18.2 Å². The lowest BCUT2D eigenvalue weighted by Crippen LogP contribution is -2.15. The quantitative estimate of drug-likeness (QED) is 0.187. The Morgan fingerprint density at radius 3 is 1.65 bits per heavy atom. The van der Waals surface area contributed by atoms with Crippen molar-refractivity contribution >= 4 is 23.1 Å². The summed E-state index contributed by atoms with van der Waals surface area (Å²) in [5.41, 5.74) is 0. The van der Waals surface area contributed by atoms with E-state index in [0.29, 0.717) is 29.4 Å². The van der Waals surface area contributed by atoms with E-state index in [1.165, 1.54) is 7.11 Å². The molecule has 0 radical (unpaired) electrons. The van der Waals surface area contributed by atoms with Crippen molar-refractivity contribution in [2.45, 2.75) is 53.4 Å². The first kappa shape index (κ1) is 26.9. The number of unbranched alkanes of at least 4 members (excludes halogenated alkanes) is 2. The molecule has 0 bridgehead atoms. The molecule has 2 rings (SSSR count). The number of hydrogen-bond donors (Lipinski definition) is 0. The summed E-state index contributed by atoms with van der Waals surface area (Å²) >= 11 is 0. The molecule has 0 aromatic heterocycles. The number of ether oxygens (including phenoxy) is 7. The van der Waals surface area contributed by atoms with Crippen molar-refractivity contribution in [3.63, 3.8) is 0 Å². The lowest BCUT2D eigenvalue weighted by Gasteiger charge is -2.21. The monoisotopic (exact) mass is 478 g/mol. The van der Waals surface area contributed by atoms with Crippen molar-refractivity contribution in [2.24, 2.45) is 0 Å². The maximum atomic E-state index is 12.4. The molecular weight excluding hydrogens is 444 g/mol. The summed E-state index contributed by atoms with van der Waals surface area (Å²) in [6.45, 7) is 8.45. The van der Waals surface area contributed by atoms with Gasteiger partial charge in [0.1, 0.15) is 5.75 Å². The van der Waals surface area contributed by atoms with Gasteiger partial charge in [-0.3, -0.25) is 0 Å². The maximum absolute atomic E-state index is 12.4. The Morgan fingerprint density at radius 1 is 0.706 bits per heavy atom. The van der Waals surface area contributed by atoms with E-state index in [9.17, 15) is 9.59 Å². The lowest BCUT2D eigenvalue weighted by molar-refractivity contribution is 0.0937. The minimum absolute atomic E-state index is 0.0763. The van der Waals surface area contributed by atoms with Crippen LogP contribution >= 0.6 is 0 Å². The summed E-state index contributed by atoms with van der Waals surface area (Å²) in [5, 5.41) is 0.853. The van der Waals surface area contributed by atoms with Crippen LogP contribution in [0.15, 0.2) is 18.2 Å². The highest BCUT2D eigenvalue weighted by Crippen LogP contribution is 2.52. The van der Waals surface area contributed by atoms with Crippen molar-refractivity contribution in [3.8, 4) is 28.7 Å². The molecule has 0 fully saturated rings. The molecule has 2 aromatic rings. The number of carbonyl (C=O) groups is 2. The molecule has 2 aromatic carbocycles. The van der Waals surface area contributed by atoms with Crippen LogP contribution in [0.4, 0.5) is 9.59 Å². The molecule has 0 amide bonds. The summed E-state index contributed by atoms with van der Waals surface area (Å²) in [6.07, 6.45) is 1.40. The maximum Gasteiger partial charge on any atom is 0.513 e. The van der Waals surface area contributed by atoms with E-state index in [1.54, 1.807) is 32.0 Å². The molecule has 0 aliphatic rings. The average Bonchev–Trinajstić information content (AvgIpc) is 2.83. The second-order valence-corrected chi connectivity index (χ2v) is 7.20. The second-order valence-electron chi connectivity index (χ2n) is 7.20. The van der Waals surface area contributed by atoms with E-state index in [2.05, 4.69) is 0 Å². The third-order valence-electron chi connectivity index (χ3n) is 4.72. The molecule has 0 atom stereocenters. The van der Waals surface area contributed by atoms with Gasteiger partial charge < -0.3 is 33.2 Å². The number of benzene rings is 2. The number of rotatable bonds is 13. The first-order chi connectivity index (χ1) is 16.5. The van der Waals surface area contributed by atoms with Gasteiger partial charge in [0, 0.05) is 10.8 Å². The van der Waals surface area contributed by atoms with Gasteiger partial charge in [0.2, 0.25) is 11.5 Å². The molecule has 0 unspecified atom stereocenters. The molecule has 188 valence electrons. The Balaban J connectivity index is 2.65. The van der Waals surface area contributed by atoms with Crippen molar-refractivity contribution in [1.82, 2.24) is 0 Å². The normalized spacial score (nSPS) is 10.5. The summed E-state index contributed by atoms with van der Waals surface area (Å²) < 4.78 is 38.5. The smallest absolute Gasteiger partial charge is 0.497 e. The molecule has 9 nitrogen and oxygen atoms in total. The highest BCUT2D eigenvalue weighted by Gasteiger charge is 2.28. The topological polar surface area (TPSA) is 98.8 Å². The molecule has 34 heavy (non-hydrogen) atoms. The van der Waals surface area contributed by atoms with Gasteiger partial charge in [-0.05, 0) is 44.9 Å². The zero-order chi connectivity index (χ0) is 24.9. The highest BCUT2D eigenvalue weighted by molar-refractivity contribution is 6.01. The zero-order valence-corrected chi connectivity index (χ0v) is 20.6. The minimum atomic E-state index is -0.881. The Hall–Kier alpha value is -3.36. The fourth-order valence-electron chi connectivity index (χ4n) is 3.07. The molecule has 0 spiro atoms. The van der Waals surface area contributed by atoms with Gasteiger partial charge in [0.15, 0.2) is 11.5 Å². The van der Waals surface area contributed by atoms with E-state index in [-0.39, 0.29) is 49.4 Å². The predicted octanol–water partition coefficient (Wildman–Crippen LogP) is 6.28. The highest BCUT2D eigenvalue weighted by atomic mass is 16.7. The minimum Gasteiger partial charge on any atom is -0.497 e. The van der Waals surface area contributed by atoms with Crippen molar-refractivity contribution in [1.29, 1.82) is 0 Å². The fraction of sp³-hybridized carbons (Fsp3) is 0.520. The lowest BCUT2D eigenvalue weighted by atomic mass is 10.1. The van der Waals surface area contributed by atoms with Gasteiger partial charge in [0.05, 0.1) is 33.5 Å². The van der Waals surface area contributed by atoms with E-state index in [4.69, 9.17) is 33.2 Å². The van der Waals surface area contributed by atoms with Gasteiger partial charge in [-0.1, -0.05) is 26.7 Å². The number of hydrogen-bond acceptors (Lipinski definition) is 9. The van der Waals surface area contributed by atoms with E-state index in [0.717, 1.165) is 12.8 Å². The predicted molar refractivity (Wildman–Crippen MR) is 127 cm³/mol. The van der Waals surface area contributed by atoms with Crippen LogP contribution in [0, 0.1) is 0 Å². The summed E-state index contributed by atoms with van der Waals surface area (Å²) in [5.74, 6) is 0.892. The Morgan fingerprint density at radius 2 is 1.21 bits per heavy atom. The van der Waals surface area contributed by atoms with Crippen LogP contribution in [0.1, 0.15) is 53.4 Å². The van der Waals surface area contributed by atoms with Crippen LogP contribution in [-0.4, -0.2) is 45.8 Å². The van der Waals surface area contributed by atoms with Gasteiger partial charge in [0.25, 0.3) is 0 Å². The summed E-state index contributed by atoms with van der Waals surface area (Å²) in [7, 11) is 1.52. The third-order valence-corrected chi connectivity index (χ3v) is 4.72. The first-order valence-corrected chi connectivity index (χ1v) is 11.6. The molecular formula is C25H34O9.